The number of benzene rings is 2. The van der Waals surface area contributed by atoms with E-state index in [1.807, 2.05) is 11.8 Å². The lowest BCUT2D eigenvalue weighted by Crippen LogP contribution is -2.49. The average molecular weight is 602 g/mol. The Kier molecular flexibility index (Phi) is 11.3. The summed E-state index contributed by atoms with van der Waals surface area (Å²) in [6.45, 7) is 5.47. The lowest BCUT2D eigenvalue weighted by Gasteiger charge is -2.39. The first-order valence-corrected chi connectivity index (χ1v) is 17.3. The van der Waals surface area contributed by atoms with Crippen molar-refractivity contribution in [2.24, 2.45) is 5.92 Å². The van der Waals surface area contributed by atoms with Crippen LogP contribution in [0.15, 0.2) is 53.4 Å². The quantitative estimate of drug-likeness (QED) is 0.374. The first-order chi connectivity index (χ1) is 19.6. The largest absolute Gasteiger partial charge is 0.349 e. The summed E-state index contributed by atoms with van der Waals surface area (Å²) in [5.41, 5.74) is 1.47. The molecule has 0 spiro atoms. The highest BCUT2D eigenvalue weighted by Crippen LogP contribution is 2.29. The van der Waals surface area contributed by atoms with Gasteiger partial charge in [0.2, 0.25) is 5.91 Å². The number of piperidine rings is 1. The molecule has 1 aliphatic heterocycles. The van der Waals surface area contributed by atoms with Gasteiger partial charge in [-0.05, 0) is 86.9 Å². The smallest absolute Gasteiger partial charge is 0.251 e. The standard InChI is InChI=1S/C32H44ClN3O4S/c1-3-36(31(37)23-24-9-15-29(16-10-24)41(2,39)40)28-17-20-35(21-18-28)22-19-30(25-7-5-4-6-8-25)34-32(38)26-11-13-27(33)14-12-26/h9-16,25,28,30H,3-8,17-23H2,1-2H3,(H,34,38). The van der Waals surface area contributed by atoms with E-state index < -0.39 is 9.84 Å². The van der Waals surface area contributed by atoms with Crippen LogP contribution >= 0.6 is 11.6 Å². The summed E-state index contributed by atoms with van der Waals surface area (Å²) in [4.78, 5) is 30.9. The Morgan fingerprint density at radius 1 is 0.976 bits per heavy atom. The fraction of sp³-hybridized carbons (Fsp3) is 0.562. The molecule has 1 heterocycles. The second-order valence-electron chi connectivity index (χ2n) is 11.6. The van der Waals surface area contributed by atoms with Crippen molar-refractivity contribution in [3.05, 3.63) is 64.7 Å². The summed E-state index contributed by atoms with van der Waals surface area (Å²) in [5.74, 6) is 0.566. The fourth-order valence-electron chi connectivity index (χ4n) is 6.36. The van der Waals surface area contributed by atoms with Crippen LogP contribution in [0.4, 0.5) is 0 Å². The molecule has 0 radical (unpaired) electrons. The van der Waals surface area contributed by atoms with Gasteiger partial charge < -0.3 is 15.1 Å². The SMILES string of the molecule is CCN(C(=O)Cc1ccc(S(C)(=O)=O)cc1)C1CCN(CCC(NC(=O)c2ccc(Cl)cc2)C2CCCCC2)CC1. The molecule has 2 amide bonds. The summed E-state index contributed by atoms with van der Waals surface area (Å²) in [6, 6.07) is 14.1. The van der Waals surface area contributed by atoms with Crippen LogP contribution in [0.3, 0.4) is 0 Å². The second kappa shape index (κ2) is 14.7. The molecular weight excluding hydrogens is 558 g/mol. The molecular formula is C32H44ClN3O4S. The van der Waals surface area contributed by atoms with Gasteiger partial charge in [0.1, 0.15) is 0 Å². The lowest BCUT2D eigenvalue weighted by molar-refractivity contribution is -0.133. The Balaban J connectivity index is 1.29. The number of amides is 2. The number of rotatable bonds is 11. The Morgan fingerprint density at radius 3 is 2.20 bits per heavy atom. The van der Waals surface area contributed by atoms with Crippen LogP contribution in [0.2, 0.25) is 5.02 Å². The van der Waals surface area contributed by atoms with Gasteiger partial charge in [0, 0.05) is 55.1 Å². The Hall–Kier alpha value is -2.42. The summed E-state index contributed by atoms with van der Waals surface area (Å²) in [7, 11) is -3.25. The number of likely N-dealkylation sites (tertiary alicyclic amines) is 1. The van der Waals surface area contributed by atoms with Crippen LogP contribution in [-0.4, -0.2) is 74.6 Å². The highest BCUT2D eigenvalue weighted by Gasteiger charge is 2.29. The number of hydrogen-bond donors (Lipinski definition) is 1. The first kappa shape index (κ1) is 31.5. The number of nitrogens with one attached hydrogen (secondary N) is 1. The minimum atomic E-state index is -3.25. The van der Waals surface area contributed by atoms with Crippen molar-refractivity contribution < 1.29 is 18.0 Å². The fourth-order valence-corrected chi connectivity index (χ4v) is 7.12. The minimum Gasteiger partial charge on any atom is -0.349 e. The topological polar surface area (TPSA) is 86.8 Å². The molecule has 1 saturated carbocycles. The zero-order chi connectivity index (χ0) is 29.4. The molecule has 4 rings (SSSR count). The minimum absolute atomic E-state index is 0.0287. The maximum Gasteiger partial charge on any atom is 0.251 e. The molecule has 1 saturated heterocycles. The van der Waals surface area contributed by atoms with Gasteiger partial charge in [0.25, 0.3) is 5.91 Å². The van der Waals surface area contributed by atoms with Crippen LogP contribution in [0.1, 0.15) is 74.2 Å². The van der Waals surface area contributed by atoms with Gasteiger partial charge in [0.15, 0.2) is 9.84 Å². The van der Waals surface area contributed by atoms with Gasteiger partial charge >= 0.3 is 0 Å². The highest BCUT2D eigenvalue weighted by molar-refractivity contribution is 7.90. The lowest BCUT2D eigenvalue weighted by atomic mass is 9.82. The van der Waals surface area contributed by atoms with E-state index in [0.29, 0.717) is 23.0 Å². The summed E-state index contributed by atoms with van der Waals surface area (Å²) in [6.07, 6.45) is 10.3. The van der Waals surface area contributed by atoms with Crippen molar-refractivity contribution in [2.45, 2.75) is 81.7 Å². The number of sulfone groups is 1. The molecule has 224 valence electrons. The number of carbonyl (C=O) groups is 2. The normalized spacial score (nSPS) is 18.1. The van der Waals surface area contributed by atoms with Crippen LogP contribution in [0.5, 0.6) is 0 Å². The molecule has 1 unspecified atom stereocenters. The van der Waals surface area contributed by atoms with E-state index in [9.17, 15) is 18.0 Å². The van der Waals surface area contributed by atoms with Gasteiger partial charge in [0.05, 0.1) is 11.3 Å². The number of halogens is 1. The predicted molar refractivity (Wildman–Crippen MR) is 164 cm³/mol. The van der Waals surface area contributed by atoms with E-state index in [1.54, 1.807) is 48.5 Å². The maximum atomic E-state index is 13.2. The van der Waals surface area contributed by atoms with Gasteiger partial charge in [-0.15, -0.1) is 0 Å². The molecule has 41 heavy (non-hydrogen) atoms. The molecule has 9 heteroatoms. The first-order valence-electron chi connectivity index (χ1n) is 15.0. The molecule has 1 N–H and O–H groups in total. The Labute approximate surface area is 250 Å². The summed E-state index contributed by atoms with van der Waals surface area (Å²) >= 11 is 6.01. The Bertz CT molecular complexity index is 1250. The van der Waals surface area contributed by atoms with Crippen molar-refractivity contribution in [1.29, 1.82) is 0 Å². The molecule has 1 aliphatic carbocycles. The van der Waals surface area contributed by atoms with Crippen LogP contribution in [-0.2, 0) is 21.1 Å². The maximum absolute atomic E-state index is 13.2. The zero-order valence-corrected chi connectivity index (χ0v) is 25.9. The van der Waals surface area contributed by atoms with Gasteiger partial charge in [-0.25, -0.2) is 8.42 Å². The van der Waals surface area contributed by atoms with Gasteiger partial charge in [-0.2, -0.15) is 0 Å². The molecule has 0 bridgehead atoms. The van der Waals surface area contributed by atoms with Gasteiger partial charge in [-0.1, -0.05) is 43.0 Å². The summed E-state index contributed by atoms with van der Waals surface area (Å²) < 4.78 is 23.5. The highest BCUT2D eigenvalue weighted by atomic mass is 35.5. The predicted octanol–water partition coefficient (Wildman–Crippen LogP) is 5.37. The number of nitrogens with zero attached hydrogens (tertiary/aromatic N) is 2. The van der Waals surface area contributed by atoms with E-state index in [0.717, 1.165) is 57.3 Å². The molecule has 2 fully saturated rings. The van der Waals surface area contributed by atoms with Crippen molar-refractivity contribution in [3.63, 3.8) is 0 Å². The molecule has 2 aromatic carbocycles. The van der Waals surface area contributed by atoms with Crippen molar-refractivity contribution in [3.8, 4) is 0 Å². The van der Waals surface area contributed by atoms with E-state index in [4.69, 9.17) is 11.6 Å². The van der Waals surface area contributed by atoms with Crippen LogP contribution < -0.4 is 5.32 Å². The molecule has 2 aliphatic rings. The summed E-state index contributed by atoms with van der Waals surface area (Å²) in [5, 5.41) is 3.98. The third-order valence-corrected chi connectivity index (χ3v) is 10.1. The van der Waals surface area contributed by atoms with Crippen molar-refractivity contribution in [2.75, 3.05) is 32.4 Å². The zero-order valence-electron chi connectivity index (χ0n) is 24.4. The third-order valence-electron chi connectivity index (χ3n) is 8.76. The van der Waals surface area contributed by atoms with E-state index in [2.05, 4.69) is 10.2 Å². The van der Waals surface area contributed by atoms with Gasteiger partial charge in [-0.3, -0.25) is 9.59 Å². The van der Waals surface area contributed by atoms with Crippen molar-refractivity contribution >= 4 is 33.3 Å². The second-order valence-corrected chi connectivity index (χ2v) is 14.1. The molecule has 0 aromatic heterocycles. The average Bonchev–Trinajstić information content (AvgIpc) is 2.97. The number of carbonyl (C=O) groups excluding carboxylic acids is 2. The van der Waals surface area contributed by atoms with E-state index in [-0.39, 0.29) is 35.2 Å². The Morgan fingerprint density at radius 2 is 1.61 bits per heavy atom. The number of likely N-dealkylation sites (N-methyl/N-ethyl adjacent to an activating group) is 1. The number of hydrogen-bond acceptors (Lipinski definition) is 5. The van der Waals surface area contributed by atoms with E-state index >= 15 is 0 Å². The van der Waals surface area contributed by atoms with Crippen LogP contribution in [0, 0.1) is 5.92 Å². The van der Waals surface area contributed by atoms with E-state index in [1.165, 1.54) is 25.5 Å². The monoisotopic (exact) mass is 601 g/mol. The third kappa shape index (κ3) is 9.03. The van der Waals surface area contributed by atoms with Crippen LogP contribution in [0.25, 0.3) is 0 Å². The molecule has 7 nitrogen and oxygen atoms in total. The van der Waals surface area contributed by atoms with Crippen molar-refractivity contribution in [1.82, 2.24) is 15.1 Å². The molecule has 2 aromatic rings. The molecule has 1 atom stereocenters.